The first kappa shape index (κ1) is 20.7. The van der Waals surface area contributed by atoms with Gasteiger partial charge in [0.1, 0.15) is 12.4 Å². The molecule has 0 bridgehead atoms. The Morgan fingerprint density at radius 2 is 1.86 bits per heavy atom. The molecule has 3 aromatic rings. The van der Waals surface area contributed by atoms with Crippen LogP contribution in [-0.2, 0) is 18.9 Å². The van der Waals surface area contributed by atoms with Crippen LogP contribution in [0.5, 0.6) is 5.75 Å². The van der Waals surface area contributed by atoms with E-state index >= 15 is 0 Å². The van der Waals surface area contributed by atoms with Gasteiger partial charge in [-0.3, -0.25) is 0 Å². The molecule has 148 valence electrons. The Balaban J connectivity index is 1.70. The van der Waals surface area contributed by atoms with Crippen LogP contribution in [0.3, 0.4) is 0 Å². The third-order valence-corrected chi connectivity index (χ3v) is 5.83. The number of ether oxygens (including phenoxy) is 1. The number of halogens is 1. The lowest BCUT2D eigenvalue weighted by Gasteiger charge is -2.15. The summed E-state index contributed by atoms with van der Waals surface area (Å²) in [6, 6.07) is 14.3. The first-order chi connectivity index (χ1) is 13.5. The molecule has 0 saturated carbocycles. The van der Waals surface area contributed by atoms with Gasteiger partial charge in [0.2, 0.25) is 0 Å². The van der Waals surface area contributed by atoms with Gasteiger partial charge in [0.15, 0.2) is 11.0 Å². The SMILES string of the molecule is CCn1c(COc2cc(C)ccc2C(C)C)nnc1SCc1ccc(Cl)cc1. The average molecular weight is 416 g/mol. The van der Waals surface area contributed by atoms with Crippen molar-refractivity contribution in [1.82, 2.24) is 14.8 Å². The number of thioether (sulfide) groups is 1. The Hall–Kier alpha value is -1.98. The average Bonchev–Trinajstić information content (AvgIpc) is 3.07. The molecular formula is C22H26ClN3OS. The Morgan fingerprint density at radius 3 is 2.54 bits per heavy atom. The zero-order valence-electron chi connectivity index (χ0n) is 16.8. The Bertz CT molecular complexity index is 922. The molecule has 0 aliphatic rings. The molecule has 0 saturated heterocycles. The number of hydrogen-bond donors (Lipinski definition) is 0. The second kappa shape index (κ2) is 9.48. The van der Waals surface area contributed by atoms with E-state index < -0.39 is 0 Å². The summed E-state index contributed by atoms with van der Waals surface area (Å²) in [5, 5.41) is 10.4. The van der Waals surface area contributed by atoms with Crippen LogP contribution >= 0.6 is 23.4 Å². The molecule has 0 spiro atoms. The molecule has 0 aliphatic heterocycles. The van der Waals surface area contributed by atoms with Gasteiger partial charge >= 0.3 is 0 Å². The minimum absolute atomic E-state index is 0.408. The van der Waals surface area contributed by atoms with Crippen molar-refractivity contribution < 1.29 is 4.74 Å². The Labute approximate surface area is 176 Å². The van der Waals surface area contributed by atoms with E-state index in [1.54, 1.807) is 11.8 Å². The molecule has 2 aromatic carbocycles. The maximum atomic E-state index is 6.15. The van der Waals surface area contributed by atoms with Gasteiger partial charge in [0, 0.05) is 17.3 Å². The van der Waals surface area contributed by atoms with Crippen molar-refractivity contribution in [2.24, 2.45) is 0 Å². The summed E-state index contributed by atoms with van der Waals surface area (Å²) in [6.45, 7) is 9.75. The summed E-state index contributed by atoms with van der Waals surface area (Å²) >= 11 is 7.63. The van der Waals surface area contributed by atoms with E-state index in [1.807, 2.05) is 24.3 Å². The van der Waals surface area contributed by atoms with Crippen LogP contribution in [0, 0.1) is 6.92 Å². The predicted octanol–water partition coefficient (Wildman–Crippen LogP) is 6.25. The molecule has 0 fully saturated rings. The smallest absolute Gasteiger partial charge is 0.191 e. The summed E-state index contributed by atoms with van der Waals surface area (Å²) in [7, 11) is 0. The summed E-state index contributed by atoms with van der Waals surface area (Å²) in [5.41, 5.74) is 3.61. The summed E-state index contributed by atoms with van der Waals surface area (Å²) in [4.78, 5) is 0. The summed E-state index contributed by atoms with van der Waals surface area (Å²) < 4.78 is 8.27. The van der Waals surface area contributed by atoms with Crippen LogP contribution in [0.25, 0.3) is 0 Å². The van der Waals surface area contributed by atoms with Crippen molar-refractivity contribution in [3.8, 4) is 5.75 Å². The van der Waals surface area contributed by atoms with Crippen LogP contribution in [0.1, 0.15) is 49.2 Å². The maximum absolute atomic E-state index is 6.15. The van der Waals surface area contributed by atoms with Crippen molar-refractivity contribution >= 4 is 23.4 Å². The van der Waals surface area contributed by atoms with Crippen molar-refractivity contribution in [1.29, 1.82) is 0 Å². The molecule has 0 aliphatic carbocycles. The van der Waals surface area contributed by atoms with Gasteiger partial charge in [-0.2, -0.15) is 0 Å². The quantitative estimate of drug-likeness (QED) is 0.407. The summed E-state index contributed by atoms with van der Waals surface area (Å²) in [5.74, 6) is 3.00. The lowest BCUT2D eigenvalue weighted by atomic mass is 10.0. The van der Waals surface area contributed by atoms with E-state index in [0.717, 1.165) is 34.1 Å². The molecule has 0 unspecified atom stereocenters. The second-order valence-electron chi connectivity index (χ2n) is 7.04. The normalized spacial score (nSPS) is 11.2. The highest BCUT2D eigenvalue weighted by molar-refractivity contribution is 7.98. The zero-order valence-corrected chi connectivity index (χ0v) is 18.3. The van der Waals surface area contributed by atoms with Gasteiger partial charge in [-0.1, -0.05) is 61.5 Å². The fourth-order valence-electron chi connectivity index (χ4n) is 2.96. The van der Waals surface area contributed by atoms with E-state index in [4.69, 9.17) is 16.3 Å². The molecule has 1 aromatic heterocycles. The van der Waals surface area contributed by atoms with Crippen molar-refractivity contribution in [2.75, 3.05) is 0 Å². The number of hydrogen-bond acceptors (Lipinski definition) is 4. The first-order valence-corrected chi connectivity index (χ1v) is 10.9. The highest BCUT2D eigenvalue weighted by atomic mass is 35.5. The van der Waals surface area contributed by atoms with Crippen molar-refractivity contribution in [3.63, 3.8) is 0 Å². The minimum atomic E-state index is 0.408. The molecule has 0 amide bonds. The van der Waals surface area contributed by atoms with Crippen LogP contribution in [0.15, 0.2) is 47.6 Å². The molecule has 6 heteroatoms. The minimum Gasteiger partial charge on any atom is -0.485 e. The third-order valence-electron chi connectivity index (χ3n) is 4.54. The van der Waals surface area contributed by atoms with Gasteiger partial charge < -0.3 is 9.30 Å². The van der Waals surface area contributed by atoms with Gasteiger partial charge in [-0.15, -0.1) is 10.2 Å². The monoisotopic (exact) mass is 415 g/mol. The standard InChI is InChI=1S/C22H26ClN3OS/c1-5-26-21(13-27-20-12-16(4)6-11-19(20)15(2)3)24-25-22(26)28-14-17-7-9-18(23)10-8-17/h6-12,15H,5,13-14H2,1-4H3. The second-order valence-corrected chi connectivity index (χ2v) is 8.42. The topological polar surface area (TPSA) is 39.9 Å². The van der Waals surface area contributed by atoms with Crippen LogP contribution in [0.4, 0.5) is 0 Å². The molecule has 0 N–H and O–H groups in total. The third kappa shape index (κ3) is 5.09. The van der Waals surface area contributed by atoms with Gasteiger partial charge in [-0.05, 0) is 54.7 Å². The fourth-order valence-corrected chi connectivity index (χ4v) is 4.07. The molecule has 3 rings (SSSR count). The van der Waals surface area contributed by atoms with Gasteiger partial charge in [0.05, 0.1) is 0 Å². The van der Waals surface area contributed by atoms with Crippen molar-refractivity contribution in [3.05, 3.63) is 70.0 Å². The molecule has 1 heterocycles. The molecule has 4 nitrogen and oxygen atoms in total. The largest absolute Gasteiger partial charge is 0.485 e. The number of nitrogens with zero attached hydrogens (tertiary/aromatic N) is 3. The van der Waals surface area contributed by atoms with Crippen molar-refractivity contribution in [2.45, 2.75) is 57.7 Å². The zero-order chi connectivity index (χ0) is 20.1. The van der Waals surface area contributed by atoms with E-state index in [-0.39, 0.29) is 0 Å². The van der Waals surface area contributed by atoms with E-state index in [0.29, 0.717) is 12.5 Å². The number of aromatic nitrogens is 3. The Kier molecular flexibility index (Phi) is 7.03. The fraction of sp³-hybridized carbons (Fsp3) is 0.364. The van der Waals surface area contributed by atoms with Crippen LogP contribution in [-0.4, -0.2) is 14.8 Å². The summed E-state index contributed by atoms with van der Waals surface area (Å²) in [6.07, 6.45) is 0. The molecule has 28 heavy (non-hydrogen) atoms. The molecule has 0 atom stereocenters. The lowest BCUT2D eigenvalue weighted by Crippen LogP contribution is -2.08. The highest BCUT2D eigenvalue weighted by Gasteiger charge is 2.14. The number of aryl methyl sites for hydroxylation is 1. The number of rotatable bonds is 8. The van der Waals surface area contributed by atoms with Crippen LogP contribution in [0.2, 0.25) is 5.02 Å². The highest BCUT2D eigenvalue weighted by Crippen LogP contribution is 2.29. The molecular weight excluding hydrogens is 390 g/mol. The molecule has 0 radical (unpaired) electrons. The predicted molar refractivity (Wildman–Crippen MR) is 116 cm³/mol. The number of benzene rings is 2. The Morgan fingerprint density at radius 1 is 1.11 bits per heavy atom. The lowest BCUT2D eigenvalue weighted by molar-refractivity contribution is 0.284. The maximum Gasteiger partial charge on any atom is 0.191 e. The van der Waals surface area contributed by atoms with Crippen LogP contribution < -0.4 is 4.74 Å². The van der Waals surface area contributed by atoms with Gasteiger partial charge in [0.25, 0.3) is 0 Å². The first-order valence-electron chi connectivity index (χ1n) is 9.50. The van der Waals surface area contributed by atoms with E-state index in [2.05, 4.69) is 60.7 Å². The van der Waals surface area contributed by atoms with Gasteiger partial charge in [-0.25, -0.2) is 0 Å². The van der Waals surface area contributed by atoms with E-state index in [9.17, 15) is 0 Å². The van der Waals surface area contributed by atoms with E-state index in [1.165, 1.54) is 16.7 Å².